The van der Waals surface area contributed by atoms with Crippen LogP contribution in [0.4, 0.5) is 5.82 Å². The molecule has 2 aromatic heterocycles. The number of nitrogens with one attached hydrogen (secondary N) is 1. The van der Waals surface area contributed by atoms with Gasteiger partial charge in [0.2, 0.25) is 0 Å². The van der Waals surface area contributed by atoms with Gasteiger partial charge in [0.25, 0.3) is 11.8 Å². The maximum Gasteiger partial charge on any atom is 0.415 e. The third kappa shape index (κ3) is 4.04. The summed E-state index contributed by atoms with van der Waals surface area (Å²) in [4.78, 5) is 15.7. The fraction of sp³-hybridized carbons (Fsp3) is 0.0667. The summed E-state index contributed by atoms with van der Waals surface area (Å²) in [6.07, 6.45) is 1.35. The number of rotatable bonds is 5. The van der Waals surface area contributed by atoms with Crippen molar-refractivity contribution in [2.24, 2.45) is 0 Å². The van der Waals surface area contributed by atoms with Crippen LogP contribution in [0.1, 0.15) is 0 Å². The average molecular weight is 331 g/mol. The predicted molar refractivity (Wildman–Crippen MR) is 83.1 cm³/mol. The monoisotopic (exact) mass is 330 g/mol. The van der Waals surface area contributed by atoms with E-state index in [0.29, 0.717) is 16.7 Å². The molecule has 0 aliphatic heterocycles. The van der Waals surface area contributed by atoms with Crippen molar-refractivity contribution in [1.82, 2.24) is 15.2 Å². The number of amides is 1. The van der Waals surface area contributed by atoms with Crippen LogP contribution in [-0.4, -0.2) is 27.7 Å². The van der Waals surface area contributed by atoms with Crippen LogP contribution in [-0.2, 0) is 4.79 Å². The van der Waals surface area contributed by atoms with Crippen LogP contribution < -0.4 is 10.1 Å². The second-order valence-electron chi connectivity index (χ2n) is 4.44. The zero-order valence-electron chi connectivity index (χ0n) is 11.8. The summed E-state index contributed by atoms with van der Waals surface area (Å²) in [5, 5.41) is 10.6. The molecule has 7 nitrogen and oxygen atoms in total. The number of carbonyl (C=O) groups excluding carboxylic acids is 1. The SMILES string of the molecule is O=C(COc1nnc(-c2ccccc2)o1)Nc1ccc(Cl)cn1. The van der Waals surface area contributed by atoms with Crippen LogP contribution in [0.3, 0.4) is 0 Å². The first kappa shape index (κ1) is 15.0. The Morgan fingerprint density at radius 3 is 2.74 bits per heavy atom. The average Bonchev–Trinajstić information content (AvgIpc) is 3.05. The number of nitrogens with zero attached hydrogens (tertiary/aromatic N) is 3. The van der Waals surface area contributed by atoms with Crippen molar-refractivity contribution in [1.29, 1.82) is 0 Å². The third-order valence-corrected chi connectivity index (χ3v) is 2.97. The fourth-order valence-electron chi connectivity index (χ4n) is 1.72. The lowest BCUT2D eigenvalue weighted by Crippen LogP contribution is -2.20. The summed E-state index contributed by atoms with van der Waals surface area (Å²) < 4.78 is 10.5. The normalized spacial score (nSPS) is 10.3. The maximum atomic E-state index is 11.7. The van der Waals surface area contributed by atoms with Crippen molar-refractivity contribution in [3.05, 3.63) is 53.7 Å². The molecule has 0 unspecified atom stereocenters. The van der Waals surface area contributed by atoms with Gasteiger partial charge in [-0.05, 0) is 24.3 Å². The predicted octanol–water partition coefficient (Wildman–Crippen LogP) is 2.80. The summed E-state index contributed by atoms with van der Waals surface area (Å²) in [6, 6.07) is 12.5. The zero-order valence-corrected chi connectivity index (χ0v) is 12.5. The lowest BCUT2D eigenvalue weighted by Gasteiger charge is -2.03. The standard InChI is InChI=1S/C15H11ClN4O3/c16-11-6-7-12(17-8-11)18-13(21)9-22-15-20-19-14(23-15)10-4-2-1-3-5-10/h1-8H,9H2,(H,17,18,21). The Balaban J connectivity index is 1.55. The highest BCUT2D eigenvalue weighted by Gasteiger charge is 2.11. The molecule has 0 fully saturated rings. The number of hydrogen-bond donors (Lipinski definition) is 1. The van der Waals surface area contributed by atoms with Crippen LogP contribution >= 0.6 is 11.6 Å². The Morgan fingerprint density at radius 1 is 1.17 bits per heavy atom. The van der Waals surface area contributed by atoms with Gasteiger partial charge in [-0.15, -0.1) is 5.10 Å². The molecule has 0 radical (unpaired) electrons. The Kier molecular flexibility index (Phi) is 4.49. The summed E-state index contributed by atoms with van der Waals surface area (Å²) in [5.41, 5.74) is 0.768. The van der Waals surface area contributed by atoms with E-state index in [1.807, 2.05) is 30.3 Å². The van der Waals surface area contributed by atoms with Gasteiger partial charge in [-0.2, -0.15) is 0 Å². The second-order valence-corrected chi connectivity index (χ2v) is 4.87. The molecule has 0 aliphatic carbocycles. The Morgan fingerprint density at radius 2 is 2.00 bits per heavy atom. The lowest BCUT2D eigenvalue weighted by atomic mass is 10.2. The molecule has 23 heavy (non-hydrogen) atoms. The molecule has 0 aliphatic rings. The molecule has 1 amide bonds. The van der Waals surface area contributed by atoms with Gasteiger partial charge in [0.1, 0.15) is 5.82 Å². The number of anilines is 1. The molecule has 3 aromatic rings. The Hall–Kier alpha value is -2.93. The minimum Gasteiger partial charge on any atom is -0.439 e. The van der Waals surface area contributed by atoms with E-state index in [2.05, 4.69) is 20.5 Å². The number of pyridine rings is 1. The molecular formula is C15H11ClN4O3. The van der Waals surface area contributed by atoms with E-state index < -0.39 is 5.91 Å². The quantitative estimate of drug-likeness (QED) is 0.773. The van der Waals surface area contributed by atoms with Crippen molar-refractivity contribution >= 4 is 23.3 Å². The van der Waals surface area contributed by atoms with E-state index in [9.17, 15) is 4.79 Å². The molecule has 0 bridgehead atoms. The van der Waals surface area contributed by atoms with Crippen molar-refractivity contribution in [2.45, 2.75) is 0 Å². The molecule has 8 heteroatoms. The number of benzene rings is 1. The minimum atomic E-state index is -0.403. The van der Waals surface area contributed by atoms with Crippen LogP contribution in [0.15, 0.2) is 53.1 Å². The minimum absolute atomic E-state index is 0.0805. The summed E-state index contributed by atoms with van der Waals surface area (Å²) in [7, 11) is 0. The topological polar surface area (TPSA) is 90.1 Å². The molecule has 1 aromatic carbocycles. The van der Waals surface area contributed by atoms with Crippen molar-refractivity contribution in [3.63, 3.8) is 0 Å². The van der Waals surface area contributed by atoms with Crippen molar-refractivity contribution in [2.75, 3.05) is 11.9 Å². The zero-order chi connectivity index (χ0) is 16.1. The molecule has 1 N–H and O–H groups in total. The highest BCUT2D eigenvalue weighted by Crippen LogP contribution is 2.20. The molecule has 116 valence electrons. The van der Waals surface area contributed by atoms with E-state index in [0.717, 1.165) is 5.56 Å². The van der Waals surface area contributed by atoms with Crippen molar-refractivity contribution in [3.8, 4) is 17.5 Å². The van der Waals surface area contributed by atoms with E-state index in [4.69, 9.17) is 20.8 Å². The first-order valence-corrected chi connectivity index (χ1v) is 7.01. The van der Waals surface area contributed by atoms with Crippen LogP contribution in [0.25, 0.3) is 11.5 Å². The van der Waals surface area contributed by atoms with Crippen LogP contribution in [0.5, 0.6) is 6.08 Å². The highest BCUT2D eigenvalue weighted by molar-refractivity contribution is 6.30. The molecular weight excluding hydrogens is 320 g/mol. The van der Waals surface area contributed by atoms with Gasteiger partial charge in [0.05, 0.1) is 5.02 Å². The molecule has 0 spiro atoms. The molecule has 2 heterocycles. The van der Waals surface area contributed by atoms with E-state index in [1.54, 1.807) is 12.1 Å². The largest absolute Gasteiger partial charge is 0.439 e. The van der Waals surface area contributed by atoms with Crippen LogP contribution in [0, 0.1) is 0 Å². The number of carbonyl (C=O) groups is 1. The molecule has 0 atom stereocenters. The maximum absolute atomic E-state index is 11.7. The van der Waals surface area contributed by atoms with Gasteiger partial charge in [0.15, 0.2) is 6.61 Å². The summed E-state index contributed by atoms with van der Waals surface area (Å²) in [6.45, 7) is -0.277. The van der Waals surface area contributed by atoms with Gasteiger partial charge >= 0.3 is 6.08 Å². The fourth-order valence-corrected chi connectivity index (χ4v) is 1.83. The van der Waals surface area contributed by atoms with Gasteiger partial charge in [-0.25, -0.2) is 4.98 Å². The Labute approximate surface area is 136 Å². The van der Waals surface area contributed by atoms with Gasteiger partial charge in [0, 0.05) is 11.8 Å². The number of hydrogen-bond acceptors (Lipinski definition) is 6. The van der Waals surface area contributed by atoms with E-state index in [1.165, 1.54) is 6.20 Å². The smallest absolute Gasteiger partial charge is 0.415 e. The third-order valence-electron chi connectivity index (χ3n) is 2.75. The summed E-state index contributed by atoms with van der Waals surface area (Å²) >= 11 is 5.71. The lowest BCUT2D eigenvalue weighted by molar-refractivity contribution is -0.118. The van der Waals surface area contributed by atoms with Gasteiger partial charge in [-0.1, -0.05) is 34.9 Å². The molecule has 0 saturated carbocycles. The number of halogens is 1. The van der Waals surface area contributed by atoms with Gasteiger partial charge in [-0.3, -0.25) is 4.79 Å². The second kappa shape index (κ2) is 6.89. The van der Waals surface area contributed by atoms with Crippen LogP contribution in [0.2, 0.25) is 5.02 Å². The Bertz CT molecular complexity index is 790. The molecule has 3 rings (SSSR count). The van der Waals surface area contributed by atoms with E-state index in [-0.39, 0.29) is 12.7 Å². The molecule has 0 saturated heterocycles. The first-order chi connectivity index (χ1) is 11.2. The summed E-state index contributed by atoms with van der Waals surface area (Å²) in [5.74, 6) is 0.290. The van der Waals surface area contributed by atoms with E-state index >= 15 is 0 Å². The van der Waals surface area contributed by atoms with Gasteiger partial charge < -0.3 is 14.5 Å². The highest BCUT2D eigenvalue weighted by atomic mass is 35.5. The van der Waals surface area contributed by atoms with Crippen molar-refractivity contribution < 1.29 is 13.9 Å². The first-order valence-electron chi connectivity index (χ1n) is 6.64. The number of aromatic nitrogens is 3. The number of ether oxygens (including phenoxy) is 1.